The molecule has 0 aromatic heterocycles. The second-order valence-corrected chi connectivity index (χ2v) is 4.36. The summed E-state index contributed by atoms with van der Waals surface area (Å²) >= 11 is 0. The Labute approximate surface area is 89.3 Å². The molecule has 2 N–H and O–H groups in total. The molecule has 1 unspecified atom stereocenters. The van der Waals surface area contributed by atoms with Crippen molar-refractivity contribution in [3.8, 4) is 0 Å². The standard InChI is InChI=1S/C10H17N3O2/c1-10(5-6-15-2)8(14)12-9(13-10)11-7-3-4-7/h7H,3-6H2,1-2H3,(H2,11,12,13,14). The molecule has 1 atom stereocenters. The SMILES string of the molecule is COCCC1(C)NC(=NC2CC2)NC1=O. The van der Waals surface area contributed by atoms with Crippen molar-refractivity contribution in [2.24, 2.45) is 4.99 Å². The van der Waals surface area contributed by atoms with Gasteiger partial charge >= 0.3 is 0 Å². The summed E-state index contributed by atoms with van der Waals surface area (Å²) in [6.45, 7) is 2.43. The molecule has 2 fully saturated rings. The Morgan fingerprint density at radius 2 is 2.33 bits per heavy atom. The van der Waals surface area contributed by atoms with Crippen molar-refractivity contribution < 1.29 is 9.53 Å². The van der Waals surface area contributed by atoms with Crippen molar-refractivity contribution in [1.29, 1.82) is 0 Å². The Morgan fingerprint density at radius 1 is 1.60 bits per heavy atom. The van der Waals surface area contributed by atoms with Gasteiger partial charge in [-0.05, 0) is 19.8 Å². The first-order chi connectivity index (χ1) is 7.14. The summed E-state index contributed by atoms with van der Waals surface area (Å²) in [6.07, 6.45) is 2.92. The fourth-order valence-electron chi connectivity index (χ4n) is 1.53. The van der Waals surface area contributed by atoms with Gasteiger partial charge in [0.15, 0.2) is 5.96 Å². The molecule has 1 aliphatic carbocycles. The lowest BCUT2D eigenvalue weighted by Gasteiger charge is -2.20. The largest absolute Gasteiger partial charge is 0.385 e. The highest BCUT2D eigenvalue weighted by molar-refractivity contribution is 6.08. The smallest absolute Gasteiger partial charge is 0.252 e. The molecule has 15 heavy (non-hydrogen) atoms. The number of guanidine groups is 1. The maximum absolute atomic E-state index is 11.7. The minimum atomic E-state index is -0.566. The molecule has 5 heteroatoms. The van der Waals surface area contributed by atoms with Crippen LogP contribution in [0.25, 0.3) is 0 Å². The molecule has 1 aliphatic heterocycles. The summed E-state index contributed by atoms with van der Waals surface area (Å²) in [4.78, 5) is 16.1. The number of hydrogen-bond donors (Lipinski definition) is 2. The van der Waals surface area contributed by atoms with E-state index in [0.717, 1.165) is 12.8 Å². The van der Waals surface area contributed by atoms with Crippen LogP contribution in [0, 0.1) is 0 Å². The number of methoxy groups -OCH3 is 1. The maximum Gasteiger partial charge on any atom is 0.252 e. The molecule has 1 heterocycles. The number of carbonyl (C=O) groups is 1. The van der Waals surface area contributed by atoms with E-state index in [1.165, 1.54) is 0 Å². The summed E-state index contributed by atoms with van der Waals surface area (Å²) in [5.41, 5.74) is -0.566. The first-order valence-corrected chi connectivity index (χ1v) is 5.30. The van der Waals surface area contributed by atoms with E-state index in [1.807, 2.05) is 6.92 Å². The lowest BCUT2D eigenvalue weighted by atomic mass is 9.99. The minimum Gasteiger partial charge on any atom is -0.385 e. The second-order valence-electron chi connectivity index (χ2n) is 4.36. The molecule has 1 saturated heterocycles. The number of nitrogens with zero attached hydrogens (tertiary/aromatic N) is 1. The summed E-state index contributed by atoms with van der Waals surface area (Å²) in [5, 5.41) is 5.90. The van der Waals surface area contributed by atoms with Crippen LogP contribution in [0.5, 0.6) is 0 Å². The van der Waals surface area contributed by atoms with E-state index >= 15 is 0 Å². The number of hydrogen-bond acceptors (Lipinski definition) is 3. The van der Waals surface area contributed by atoms with Crippen LogP contribution in [0.15, 0.2) is 4.99 Å². The van der Waals surface area contributed by atoms with Gasteiger partial charge in [-0.3, -0.25) is 10.1 Å². The Hall–Kier alpha value is -1.10. The predicted molar refractivity (Wildman–Crippen MR) is 56.6 cm³/mol. The molecule has 0 aromatic rings. The Kier molecular flexibility index (Phi) is 2.65. The number of nitrogens with one attached hydrogen (secondary N) is 2. The van der Waals surface area contributed by atoms with Crippen molar-refractivity contribution in [3.05, 3.63) is 0 Å². The zero-order chi connectivity index (χ0) is 10.9. The predicted octanol–water partition coefficient (Wildman–Crippen LogP) is 0.0194. The molecule has 0 aromatic carbocycles. The van der Waals surface area contributed by atoms with Gasteiger partial charge in [-0.1, -0.05) is 0 Å². The van der Waals surface area contributed by atoms with Crippen molar-refractivity contribution in [1.82, 2.24) is 10.6 Å². The molecular formula is C10H17N3O2. The second kappa shape index (κ2) is 3.81. The van der Waals surface area contributed by atoms with E-state index < -0.39 is 5.54 Å². The van der Waals surface area contributed by atoms with Crippen LogP contribution < -0.4 is 10.6 Å². The highest BCUT2D eigenvalue weighted by Crippen LogP contribution is 2.24. The van der Waals surface area contributed by atoms with E-state index in [-0.39, 0.29) is 5.91 Å². The lowest BCUT2D eigenvalue weighted by Crippen LogP contribution is -2.44. The number of aliphatic imine (C=N–C) groups is 1. The van der Waals surface area contributed by atoms with Gasteiger partial charge in [0, 0.05) is 20.1 Å². The Morgan fingerprint density at radius 3 is 2.93 bits per heavy atom. The average molecular weight is 211 g/mol. The Bertz CT molecular complexity index is 299. The molecule has 2 aliphatic rings. The van der Waals surface area contributed by atoms with Gasteiger partial charge in [0.1, 0.15) is 5.54 Å². The first kappa shape index (κ1) is 10.4. The van der Waals surface area contributed by atoms with Crippen LogP contribution in [-0.4, -0.2) is 37.2 Å². The van der Waals surface area contributed by atoms with Gasteiger partial charge < -0.3 is 10.1 Å². The van der Waals surface area contributed by atoms with Gasteiger partial charge in [0.2, 0.25) is 0 Å². The zero-order valence-corrected chi connectivity index (χ0v) is 9.17. The number of carbonyl (C=O) groups excluding carboxylic acids is 1. The zero-order valence-electron chi connectivity index (χ0n) is 9.17. The maximum atomic E-state index is 11.7. The third-order valence-corrected chi connectivity index (χ3v) is 2.79. The fraction of sp³-hybridized carbons (Fsp3) is 0.800. The van der Waals surface area contributed by atoms with E-state index in [0.29, 0.717) is 25.0 Å². The Balaban J connectivity index is 1.98. The molecule has 0 radical (unpaired) electrons. The molecule has 2 rings (SSSR count). The van der Waals surface area contributed by atoms with Gasteiger partial charge in [-0.2, -0.15) is 0 Å². The van der Waals surface area contributed by atoms with Gasteiger partial charge in [0.05, 0.1) is 6.04 Å². The average Bonchev–Trinajstić information content (AvgIpc) is 2.93. The molecule has 1 saturated carbocycles. The van der Waals surface area contributed by atoms with Crippen LogP contribution in [0.2, 0.25) is 0 Å². The van der Waals surface area contributed by atoms with Crippen molar-refractivity contribution in [2.45, 2.75) is 37.8 Å². The molecule has 1 amide bonds. The number of rotatable bonds is 4. The van der Waals surface area contributed by atoms with Crippen molar-refractivity contribution in [3.63, 3.8) is 0 Å². The van der Waals surface area contributed by atoms with Crippen LogP contribution in [-0.2, 0) is 9.53 Å². The molecular weight excluding hydrogens is 194 g/mol. The van der Waals surface area contributed by atoms with Crippen LogP contribution >= 0.6 is 0 Å². The summed E-state index contributed by atoms with van der Waals surface area (Å²) in [7, 11) is 1.63. The van der Waals surface area contributed by atoms with E-state index in [4.69, 9.17) is 4.74 Å². The summed E-state index contributed by atoms with van der Waals surface area (Å²) in [6, 6.07) is 0.414. The summed E-state index contributed by atoms with van der Waals surface area (Å²) in [5.74, 6) is 0.611. The van der Waals surface area contributed by atoms with Gasteiger partial charge in [-0.25, -0.2) is 4.99 Å². The van der Waals surface area contributed by atoms with Crippen LogP contribution in [0.4, 0.5) is 0 Å². The fourth-order valence-corrected chi connectivity index (χ4v) is 1.53. The third kappa shape index (κ3) is 2.28. The topological polar surface area (TPSA) is 62.7 Å². The molecule has 84 valence electrons. The molecule has 5 nitrogen and oxygen atoms in total. The third-order valence-electron chi connectivity index (χ3n) is 2.79. The first-order valence-electron chi connectivity index (χ1n) is 5.30. The molecule has 0 bridgehead atoms. The highest BCUT2D eigenvalue weighted by atomic mass is 16.5. The lowest BCUT2D eigenvalue weighted by molar-refractivity contribution is -0.123. The number of amides is 1. The van der Waals surface area contributed by atoms with E-state index in [2.05, 4.69) is 15.6 Å². The van der Waals surface area contributed by atoms with Crippen LogP contribution in [0.3, 0.4) is 0 Å². The van der Waals surface area contributed by atoms with E-state index in [1.54, 1.807) is 7.11 Å². The highest BCUT2D eigenvalue weighted by Gasteiger charge is 2.40. The van der Waals surface area contributed by atoms with Crippen LogP contribution in [0.1, 0.15) is 26.2 Å². The number of ether oxygens (including phenoxy) is 1. The van der Waals surface area contributed by atoms with Gasteiger partial charge in [0.25, 0.3) is 5.91 Å². The van der Waals surface area contributed by atoms with Crippen molar-refractivity contribution in [2.75, 3.05) is 13.7 Å². The molecule has 0 spiro atoms. The van der Waals surface area contributed by atoms with E-state index in [9.17, 15) is 4.79 Å². The summed E-state index contributed by atoms with van der Waals surface area (Å²) < 4.78 is 4.99. The quantitative estimate of drug-likeness (QED) is 0.689. The monoisotopic (exact) mass is 211 g/mol. The minimum absolute atomic E-state index is 0.0149. The normalized spacial score (nSPS) is 32.9. The van der Waals surface area contributed by atoms with Crippen molar-refractivity contribution >= 4 is 11.9 Å². The van der Waals surface area contributed by atoms with Gasteiger partial charge in [-0.15, -0.1) is 0 Å².